The molecule has 1 saturated heterocycles. The Morgan fingerprint density at radius 1 is 1.18 bits per heavy atom. The van der Waals surface area contributed by atoms with Gasteiger partial charge in [-0.3, -0.25) is 9.59 Å². The average Bonchev–Trinajstić information content (AvgIpc) is 3.33. The zero-order chi connectivity index (χ0) is 24.6. The molecule has 1 fully saturated rings. The van der Waals surface area contributed by atoms with Crippen LogP contribution in [0.3, 0.4) is 0 Å². The lowest BCUT2D eigenvalue weighted by molar-refractivity contribution is -0.138. The summed E-state index contributed by atoms with van der Waals surface area (Å²) in [6, 6.07) is 18.1. The minimum absolute atomic E-state index is 0.0183. The second-order valence-corrected chi connectivity index (χ2v) is 9.40. The molecule has 1 N–H and O–H groups in total. The van der Waals surface area contributed by atoms with E-state index in [4.69, 9.17) is 0 Å². The zero-order valence-electron chi connectivity index (χ0n) is 20.1. The van der Waals surface area contributed by atoms with Crippen molar-refractivity contribution < 1.29 is 14.0 Å². The molecule has 0 spiro atoms. The second-order valence-electron chi connectivity index (χ2n) is 9.40. The van der Waals surface area contributed by atoms with Crippen LogP contribution >= 0.6 is 0 Å². The number of halogens is 1. The van der Waals surface area contributed by atoms with Crippen LogP contribution in [-0.2, 0) is 21.5 Å². The standard InChI is InChI=1S/C28H34FN3O2/c1-21(2)28(20-30,23-11-4-3-5-12-23)16-7-6-15-26(33)32-17-9-14-25(32)27(34)31-19-22-10-8-13-24(29)18-22/h3-5,8,10-13,18,21,25H,6-7,9,14-17,19H2,1-2H3,(H,31,34)/t25-,28?/m1/s1. The number of unbranched alkanes of at least 4 members (excludes halogenated alkanes) is 1. The first-order chi connectivity index (χ1) is 16.4. The topological polar surface area (TPSA) is 73.2 Å². The fourth-order valence-corrected chi connectivity index (χ4v) is 4.87. The first kappa shape index (κ1) is 25.4. The number of benzene rings is 2. The maximum absolute atomic E-state index is 13.4. The Bertz CT molecular complexity index is 1020. The smallest absolute Gasteiger partial charge is 0.243 e. The van der Waals surface area contributed by atoms with Crippen LogP contribution in [0.1, 0.15) is 63.5 Å². The van der Waals surface area contributed by atoms with Crippen molar-refractivity contribution in [3.8, 4) is 6.07 Å². The molecule has 6 heteroatoms. The number of carbonyl (C=O) groups excluding carboxylic acids is 2. The molecular formula is C28H34FN3O2. The van der Waals surface area contributed by atoms with E-state index < -0.39 is 11.5 Å². The number of rotatable bonds is 10. The summed E-state index contributed by atoms with van der Waals surface area (Å²) in [5.74, 6) is -0.396. The first-order valence-electron chi connectivity index (χ1n) is 12.2. The highest BCUT2D eigenvalue weighted by molar-refractivity contribution is 5.88. The monoisotopic (exact) mass is 463 g/mol. The third-order valence-corrected chi connectivity index (χ3v) is 6.92. The van der Waals surface area contributed by atoms with Gasteiger partial charge < -0.3 is 10.2 Å². The summed E-state index contributed by atoms with van der Waals surface area (Å²) in [6.07, 6.45) is 3.92. The molecule has 1 heterocycles. The summed E-state index contributed by atoms with van der Waals surface area (Å²) in [5, 5.41) is 12.9. The Hall–Kier alpha value is -3.20. The summed E-state index contributed by atoms with van der Waals surface area (Å²) in [7, 11) is 0. The molecule has 0 radical (unpaired) electrons. The van der Waals surface area contributed by atoms with Gasteiger partial charge in [-0.15, -0.1) is 0 Å². The Kier molecular flexibility index (Phi) is 8.81. The van der Waals surface area contributed by atoms with Gasteiger partial charge in [-0.25, -0.2) is 4.39 Å². The molecule has 1 unspecified atom stereocenters. The van der Waals surface area contributed by atoms with Crippen molar-refractivity contribution in [1.29, 1.82) is 5.26 Å². The van der Waals surface area contributed by atoms with Crippen LogP contribution in [0.15, 0.2) is 54.6 Å². The summed E-state index contributed by atoms with van der Waals surface area (Å²) in [6.45, 7) is 4.95. The molecule has 0 aromatic heterocycles. The van der Waals surface area contributed by atoms with Gasteiger partial charge in [-0.1, -0.05) is 62.7 Å². The number of amides is 2. The maximum Gasteiger partial charge on any atom is 0.243 e. The quantitative estimate of drug-likeness (QED) is 0.498. The molecule has 1 aliphatic rings. The lowest BCUT2D eigenvalue weighted by atomic mass is 9.69. The number of hydrogen-bond donors (Lipinski definition) is 1. The molecular weight excluding hydrogens is 429 g/mol. The van der Waals surface area contributed by atoms with Crippen LogP contribution in [0.4, 0.5) is 4.39 Å². The highest BCUT2D eigenvalue weighted by Crippen LogP contribution is 2.37. The number of nitrogens with zero attached hydrogens (tertiary/aromatic N) is 2. The van der Waals surface area contributed by atoms with Crippen molar-refractivity contribution in [1.82, 2.24) is 10.2 Å². The molecule has 2 aromatic carbocycles. The molecule has 34 heavy (non-hydrogen) atoms. The lowest BCUT2D eigenvalue weighted by Gasteiger charge is -2.31. The highest BCUT2D eigenvalue weighted by atomic mass is 19.1. The first-order valence-corrected chi connectivity index (χ1v) is 12.2. The minimum atomic E-state index is -0.572. The maximum atomic E-state index is 13.4. The van der Waals surface area contributed by atoms with Crippen LogP contribution < -0.4 is 5.32 Å². The molecule has 2 aromatic rings. The lowest BCUT2D eigenvalue weighted by Crippen LogP contribution is -2.45. The molecule has 3 rings (SSSR count). The second kappa shape index (κ2) is 11.8. The summed E-state index contributed by atoms with van der Waals surface area (Å²) in [5.41, 5.74) is 1.14. The van der Waals surface area contributed by atoms with E-state index in [1.807, 2.05) is 30.3 Å². The Morgan fingerprint density at radius 2 is 1.94 bits per heavy atom. The Balaban J connectivity index is 1.51. The van der Waals surface area contributed by atoms with Gasteiger partial charge in [0.15, 0.2) is 0 Å². The van der Waals surface area contributed by atoms with Gasteiger partial charge in [0.25, 0.3) is 0 Å². The third kappa shape index (κ3) is 6.02. The van der Waals surface area contributed by atoms with Gasteiger partial charge in [-0.2, -0.15) is 5.26 Å². The van der Waals surface area contributed by atoms with Crippen molar-refractivity contribution in [3.63, 3.8) is 0 Å². The van der Waals surface area contributed by atoms with Crippen LogP contribution in [0.2, 0.25) is 0 Å². The molecule has 0 aliphatic carbocycles. The van der Waals surface area contributed by atoms with E-state index in [9.17, 15) is 19.2 Å². The normalized spacial score (nSPS) is 17.3. The van der Waals surface area contributed by atoms with Crippen LogP contribution in [0.5, 0.6) is 0 Å². The van der Waals surface area contributed by atoms with E-state index in [0.717, 1.165) is 18.4 Å². The molecule has 2 amide bonds. The van der Waals surface area contributed by atoms with Crippen LogP contribution in [-0.4, -0.2) is 29.3 Å². The van der Waals surface area contributed by atoms with Crippen LogP contribution in [0.25, 0.3) is 0 Å². The largest absolute Gasteiger partial charge is 0.350 e. The average molecular weight is 464 g/mol. The van der Waals surface area contributed by atoms with Crippen molar-refractivity contribution in [2.75, 3.05) is 6.54 Å². The van der Waals surface area contributed by atoms with E-state index in [0.29, 0.717) is 37.8 Å². The van der Waals surface area contributed by atoms with E-state index in [1.165, 1.54) is 12.1 Å². The number of carbonyl (C=O) groups is 2. The van der Waals surface area contributed by atoms with Gasteiger partial charge in [-0.05, 0) is 54.9 Å². The molecule has 0 bridgehead atoms. The molecule has 180 valence electrons. The van der Waals surface area contributed by atoms with Crippen LogP contribution in [0, 0.1) is 23.1 Å². The summed E-state index contributed by atoms with van der Waals surface area (Å²) >= 11 is 0. The van der Waals surface area contributed by atoms with Gasteiger partial charge in [0.1, 0.15) is 11.9 Å². The van der Waals surface area contributed by atoms with Crippen molar-refractivity contribution in [2.24, 2.45) is 5.92 Å². The SMILES string of the molecule is CC(C)C(C#N)(CCCCC(=O)N1CCC[C@@H]1C(=O)NCc1cccc(F)c1)c1ccccc1. The predicted molar refractivity (Wildman–Crippen MR) is 130 cm³/mol. The number of likely N-dealkylation sites (tertiary alicyclic amines) is 1. The van der Waals surface area contributed by atoms with Crippen molar-refractivity contribution in [2.45, 2.75) is 70.4 Å². The molecule has 0 saturated carbocycles. The summed E-state index contributed by atoms with van der Waals surface area (Å²) in [4.78, 5) is 27.3. The highest BCUT2D eigenvalue weighted by Gasteiger charge is 2.36. The molecule has 1 aliphatic heterocycles. The predicted octanol–water partition coefficient (Wildman–Crippen LogP) is 5.11. The fourth-order valence-electron chi connectivity index (χ4n) is 4.87. The van der Waals surface area contributed by atoms with Gasteiger partial charge in [0.05, 0.1) is 11.5 Å². The van der Waals surface area contributed by atoms with E-state index in [-0.39, 0.29) is 30.1 Å². The summed E-state index contributed by atoms with van der Waals surface area (Å²) < 4.78 is 13.4. The van der Waals surface area contributed by atoms with E-state index >= 15 is 0 Å². The van der Waals surface area contributed by atoms with E-state index in [2.05, 4.69) is 25.2 Å². The van der Waals surface area contributed by atoms with Gasteiger partial charge in [0.2, 0.25) is 11.8 Å². The molecule has 5 nitrogen and oxygen atoms in total. The van der Waals surface area contributed by atoms with E-state index in [1.54, 1.807) is 17.0 Å². The van der Waals surface area contributed by atoms with Gasteiger partial charge >= 0.3 is 0 Å². The minimum Gasteiger partial charge on any atom is -0.350 e. The Morgan fingerprint density at radius 3 is 2.62 bits per heavy atom. The molecule has 2 atom stereocenters. The van der Waals surface area contributed by atoms with Crippen molar-refractivity contribution >= 4 is 11.8 Å². The Labute approximate surface area is 202 Å². The third-order valence-electron chi connectivity index (χ3n) is 6.92. The number of nitriles is 1. The van der Waals surface area contributed by atoms with Gasteiger partial charge in [0, 0.05) is 19.5 Å². The number of hydrogen-bond acceptors (Lipinski definition) is 3. The fraction of sp³-hybridized carbons (Fsp3) is 0.464. The number of nitrogens with one attached hydrogen (secondary N) is 1. The van der Waals surface area contributed by atoms with Crippen molar-refractivity contribution in [3.05, 3.63) is 71.5 Å². The zero-order valence-corrected chi connectivity index (χ0v) is 20.1.